The molecule has 0 heterocycles. The normalized spacial score (nSPS) is 10.1. The van der Waals surface area contributed by atoms with Crippen LogP contribution in [0.4, 0.5) is 0 Å². The first kappa shape index (κ1) is 14.5. The Kier molecular flexibility index (Phi) is 5.13. The summed E-state index contributed by atoms with van der Waals surface area (Å²) in [5, 5.41) is 3.28. The molecule has 0 amide bonds. The van der Waals surface area contributed by atoms with E-state index in [1.54, 1.807) is 7.11 Å². The van der Waals surface area contributed by atoms with Crippen LogP contribution in [0.15, 0.2) is 48.5 Å². The van der Waals surface area contributed by atoms with Crippen molar-refractivity contribution >= 4 is 17.2 Å². The molecule has 20 heavy (non-hydrogen) atoms. The van der Waals surface area contributed by atoms with Gasteiger partial charge in [0.05, 0.1) is 7.11 Å². The SMILES string of the molecule is CCc1ccc(CNC(=S)c2ccc(OC)cc2)cc1. The zero-order valence-corrected chi connectivity index (χ0v) is 12.7. The van der Waals surface area contributed by atoms with Crippen molar-refractivity contribution < 1.29 is 4.74 Å². The van der Waals surface area contributed by atoms with E-state index in [0.29, 0.717) is 0 Å². The monoisotopic (exact) mass is 285 g/mol. The van der Waals surface area contributed by atoms with E-state index in [2.05, 4.69) is 36.5 Å². The summed E-state index contributed by atoms with van der Waals surface area (Å²) in [6, 6.07) is 16.4. The molecule has 0 aliphatic rings. The van der Waals surface area contributed by atoms with Crippen LogP contribution >= 0.6 is 12.2 Å². The highest BCUT2D eigenvalue weighted by molar-refractivity contribution is 7.80. The van der Waals surface area contributed by atoms with Gasteiger partial charge >= 0.3 is 0 Å². The number of hydrogen-bond acceptors (Lipinski definition) is 2. The lowest BCUT2D eigenvalue weighted by Gasteiger charge is -2.09. The van der Waals surface area contributed by atoms with Gasteiger partial charge < -0.3 is 10.1 Å². The Morgan fingerprint density at radius 3 is 2.15 bits per heavy atom. The quantitative estimate of drug-likeness (QED) is 0.846. The van der Waals surface area contributed by atoms with Crippen molar-refractivity contribution in [3.63, 3.8) is 0 Å². The van der Waals surface area contributed by atoms with E-state index in [1.165, 1.54) is 11.1 Å². The second-order valence-corrected chi connectivity index (χ2v) is 4.99. The Morgan fingerprint density at radius 2 is 1.60 bits per heavy atom. The lowest BCUT2D eigenvalue weighted by molar-refractivity contribution is 0.415. The minimum Gasteiger partial charge on any atom is -0.497 e. The minimum absolute atomic E-state index is 0.745. The summed E-state index contributed by atoms with van der Waals surface area (Å²) in [7, 11) is 1.66. The van der Waals surface area contributed by atoms with Crippen molar-refractivity contribution in [1.29, 1.82) is 0 Å². The van der Waals surface area contributed by atoms with Crippen LogP contribution in [0.2, 0.25) is 0 Å². The summed E-state index contributed by atoms with van der Waals surface area (Å²) >= 11 is 5.40. The molecule has 104 valence electrons. The maximum absolute atomic E-state index is 5.40. The minimum atomic E-state index is 0.745. The van der Waals surface area contributed by atoms with Crippen LogP contribution in [0, 0.1) is 0 Å². The molecule has 0 spiro atoms. The molecular formula is C17H19NOS. The van der Waals surface area contributed by atoms with Gasteiger partial charge in [0.15, 0.2) is 0 Å². The van der Waals surface area contributed by atoms with Crippen molar-refractivity contribution in [3.05, 3.63) is 65.2 Å². The predicted octanol–water partition coefficient (Wildman–Crippen LogP) is 3.72. The number of aryl methyl sites for hydroxylation is 1. The third-order valence-electron chi connectivity index (χ3n) is 3.24. The predicted molar refractivity (Wildman–Crippen MR) is 87.4 cm³/mol. The average Bonchev–Trinajstić information content (AvgIpc) is 2.53. The number of hydrogen-bond donors (Lipinski definition) is 1. The lowest BCUT2D eigenvalue weighted by atomic mass is 10.1. The topological polar surface area (TPSA) is 21.3 Å². The van der Waals surface area contributed by atoms with E-state index < -0.39 is 0 Å². The van der Waals surface area contributed by atoms with Gasteiger partial charge in [0.25, 0.3) is 0 Å². The van der Waals surface area contributed by atoms with Gasteiger partial charge in [-0.2, -0.15) is 0 Å². The molecule has 0 saturated carbocycles. The standard InChI is InChI=1S/C17H19NOS/c1-3-13-4-6-14(7-5-13)12-18-17(20)15-8-10-16(19-2)11-9-15/h4-11H,3,12H2,1-2H3,(H,18,20). The van der Waals surface area contributed by atoms with Crippen LogP contribution in [0.25, 0.3) is 0 Å². The van der Waals surface area contributed by atoms with Gasteiger partial charge in [-0.3, -0.25) is 0 Å². The second-order valence-electron chi connectivity index (χ2n) is 4.58. The van der Waals surface area contributed by atoms with Crippen LogP contribution in [-0.2, 0) is 13.0 Å². The largest absolute Gasteiger partial charge is 0.497 e. The van der Waals surface area contributed by atoms with Crippen molar-refractivity contribution in [2.24, 2.45) is 0 Å². The van der Waals surface area contributed by atoms with E-state index in [1.807, 2.05) is 24.3 Å². The fourth-order valence-electron chi connectivity index (χ4n) is 1.92. The van der Waals surface area contributed by atoms with Crippen LogP contribution < -0.4 is 10.1 Å². The van der Waals surface area contributed by atoms with Crippen LogP contribution in [-0.4, -0.2) is 12.1 Å². The Balaban J connectivity index is 1.93. The molecule has 3 heteroatoms. The van der Waals surface area contributed by atoms with Crippen LogP contribution in [0.5, 0.6) is 5.75 Å². The molecule has 0 aromatic heterocycles. The Hall–Kier alpha value is -1.87. The zero-order valence-electron chi connectivity index (χ0n) is 11.8. The highest BCUT2D eigenvalue weighted by Gasteiger charge is 2.01. The second kappa shape index (κ2) is 7.06. The molecule has 0 fully saturated rings. The molecule has 0 bridgehead atoms. The molecule has 0 atom stereocenters. The Bertz CT molecular complexity index is 561. The van der Waals surface area contributed by atoms with Crippen LogP contribution in [0.1, 0.15) is 23.6 Å². The summed E-state index contributed by atoms with van der Waals surface area (Å²) < 4.78 is 5.14. The van der Waals surface area contributed by atoms with E-state index in [0.717, 1.165) is 29.3 Å². The van der Waals surface area contributed by atoms with Crippen molar-refractivity contribution in [2.75, 3.05) is 7.11 Å². The Labute approximate surface area is 125 Å². The number of nitrogens with one attached hydrogen (secondary N) is 1. The number of thiocarbonyl (C=S) groups is 1. The first-order chi connectivity index (χ1) is 9.72. The van der Waals surface area contributed by atoms with Gasteiger partial charge in [0, 0.05) is 12.1 Å². The van der Waals surface area contributed by atoms with Gasteiger partial charge in [-0.25, -0.2) is 0 Å². The maximum atomic E-state index is 5.40. The molecular weight excluding hydrogens is 266 g/mol. The van der Waals surface area contributed by atoms with Gasteiger partial charge in [-0.05, 0) is 41.8 Å². The summed E-state index contributed by atoms with van der Waals surface area (Å²) in [6.45, 7) is 2.90. The molecule has 0 unspecified atom stereocenters. The fourth-order valence-corrected chi connectivity index (χ4v) is 2.13. The number of benzene rings is 2. The molecule has 2 rings (SSSR count). The molecule has 0 saturated heterocycles. The first-order valence-electron chi connectivity index (χ1n) is 6.73. The third kappa shape index (κ3) is 3.81. The van der Waals surface area contributed by atoms with E-state index in [-0.39, 0.29) is 0 Å². The summed E-state index contributed by atoms with van der Waals surface area (Å²) in [4.78, 5) is 0.757. The molecule has 0 radical (unpaired) electrons. The lowest BCUT2D eigenvalue weighted by Crippen LogP contribution is -2.21. The van der Waals surface area contributed by atoms with E-state index in [4.69, 9.17) is 17.0 Å². The number of methoxy groups -OCH3 is 1. The van der Waals surface area contributed by atoms with Crippen LogP contribution in [0.3, 0.4) is 0 Å². The smallest absolute Gasteiger partial charge is 0.118 e. The number of ether oxygens (including phenoxy) is 1. The van der Waals surface area contributed by atoms with Crippen molar-refractivity contribution in [1.82, 2.24) is 5.32 Å². The molecule has 2 aromatic carbocycles. The average molecular weight is 285 g/mol. The number of rotatable bonds is 5. The van der Waals surface area contributed by atoms with Gasteiger partial charge in [-0.15, -0.1) is 0 Å². The van der Waals surface area contributed by atoms with E-state index >= 15 is 0 Å². The fraction of sp³-hybridized carbons (Fsp3) is 0.235. The van der Waals surface area contributed by atoms with Gasteiger partial charge in [0.2, 0.25) is 0 Å². The highest BCUT2D eigenvalue weighted by atomic mass is 32.1. The van der Waals surface area contributed by atoms with Crippen molar-refractivity contribution in [3.8, 4) is 5.75 Å². The Morgan fingerprint density at radius 1 is 1.00 bits per heavy atom. The summed E-state index contributed by atoms with van der Waals surface area (Å²) in [6.07, 6.45) is 1.07. The molecule has 0 aliphatic heterocycles. The van der Waals surface area contributed by atoms with Crippen molar-refractivity contribution in [2.45, 2.75) is 19.9 Å². The third-order valence-corrected chi connectivity index (χ3v) is 3.62. The molecule has 2 nitrogen and oxygen atoms in total. The van der Waals surface area contributed by atoms with E-state index in [9.17, 15) is 0 Å². The van der Waals surface area contributed by atoms with Gasteiger partial charge in [0.1, 0.15) is 10.7 Å². The molecule has 1 N–H and O–H groups in total. The molecule has 0 aliphatic carbocycles. The summed E-state index contributed by atoms with van der Waals surface area (Å²) in [5.41, 5.74) is 3.59. The van der Waals surface area contributed by atoms with Gasteiger partial charge in [-0.1, -0.05) is 43.4 Å². The molecule has 2 aromatic rings. The maximum Gasteiger partial charge on any atom is 0.118 e. The highest BCUT2D eigenvalue weighted by Crippen LogP contribution is 2.12. The zero-order chi connectivity index (χ0) is 14.4. The summed E-state index contributed by atoms with van der Waals surface area (Å²) in [5.74, 6) is 0.840. The first-order valence-corrected chi connectivity index (χ1v) is 7.14.